The Balaban J connectivity index is 1.42. The van der Waals surface area contributed by atoms with Crippen LogP contribution in [0.2, 0.25) is 5.02 Å². The number of thioether (sulfide) groups is 1. The highest BCUT2D eigenvalue weighted by atomic mass is 35.5. The van der Waals surface area contributed by atoms with Crippen LogP contribution in [0.3, 0.4) is 0 Å². The first-order valence-corrected chi connectivity index (χ1v) is 13.9. The van der Waals surface area contributed by atoms with Crippen LogP contribution < -0.4 is 10.9 Å². The molecule has 0 saturated heterocycles. The number of hydrogen-bond acceptors (Lipinski definition) is 5. The number of aromatic nitrogens is 2. The lowest BCUT2D eigenvalue weighted by Crippen LogP contribution is -2.26. The van der Waals surface area contributed by atoms with Crippen molar-refractivity contribution in [3.8, 4) is 10.4 Å². The molecule has 0 bridgehead atoms. The smallest absolute Gasteiger partial charge is 0.272 e. The van der Waals surface area contributed by atoms with Gasteiger partial charge in [-0.15, -0.1) is 11.3 Å². The Bertz CT molecular complexity index is 1600. The summed E-state index contributed by atoms with van der Waals surface area (Å²) in [5.41, 5.74) is 4.75. The quantitative estimate of drug-likeness (QED) is 0.177. The summed E-state index contributed by atoms with van der Waals surface area (Å²) in [5, 5.41) is 4.10. The number of nitrogens with zero attached hydrogens (tertiary/aromatic N) is 2. The molecule has 8 heteroatoms. The molecule has 2 heterocycles. The van der Waals surface area contributed by atoms with E-state index >= 15 is 0 Å². The minimum absolute atomic E-state index is 0.0960. The second-order valence-corrected chi connectivity index (χ2v) is 11.1. The van der Waals surface area contributed by atoms with Crippen molar-refractivity contribution in [2.45, 2.75) is 25.2 Å². The summed E-state index contributed by atoms with van der Waals surface area (Å²) in [7, 11) is 0. The maximum atomic E-state index is 13.6. The zero-order valence-corrected chi connectivity index (χ0v) is 22.5. The van der Waals surface area contributed by atoms with Crippen LogP contribution in [0.1, 0.15) is 16.7 Å². The molecule has 0 radical (unpaired) electrons. The Kier molecular flexibility index (Phi) is 7.74. The summed E-state index contributed by atoms with van der Waals surface area (Å²) in [6.07, 6.45) is 0. The molecule has 0 aliphatic heterocycles. The van der Waals surface area contributed by atoms with Gasteiger partial charge in [0.15, 0.2) is 5.16 Å². The van der Waals surface area contributed by atoms with E-state index in [1.54, 1.807) is 16.7 Å². The standard InChI is InChI=1S/C29H24ClN3O2S2/c1-19-7-11-22(12-8-19)25-15-24-27(37-25)28(35)33(17-21-5-3-2-4-6-21)29(32-24)36-18-26(34)31-16-20-9-13-23(30)14-10-20/h2-15H,16-18H2,1H3,(H,31,34). The van der Waals surface area contributed by atoms with Gasteiger partial charge in [-0.2, -0.15) is 0 Å². The first-order chi connectivity index (χ1) is 18.0. The number of thiophene rings is 1. The van der Waals surface area contributed by atoms with Crippen molar-refractivity contribution in [1.82, 2.24) is 14.9 Å². The van der Waals surface area contributed by atoms with Gasteiger partial charge in [0.25, 0.3) is 5.56 Å². The van der Waals surface area contributed by atoms with Gasteiger partial charge in [0.05, 0.1) is 17.8 Å². The highest BCUT2D eigenvalue weighted by Gasteiger charge is 2.17. The van der Waals surface area contributed by atoms with Gasteiger partial charge >= 0.3 is 0 Å². The molecule has 1 N–H and O–H groups in total. The maximum Gasteiger partial charge on any atom is 0.272 e. The average Bonchev–Trinajstić information content (AvgIpc) is 3.34. The number of aryl methyl sites for hydroxylation is 1. The van der Waals surface area contributed by atoms with Gasteiger partial charge in [-0.3, -0.25) is 14.2 Å². The highest BCUT2D eigenvalue weighted by Crippen LogP contribution is 2.32. The predicted octanol–water partition coefficient (Wildman–Crippen LogP) is 6.54. The average molecular weight is 546 g/mol. The molecule has 0 atom stereocenters. The van der Waals surface area contributed by atoms with Crippen molar-refractivity contribution in [2.75, 3.05) is 5.75 Å². The zero-order valence-electron chi connectivity index (χ0n) is 20.1. The number of nitrogens with one attached hydrogen (secondary N) is 1. The number of carbonyl (C=O) groups excluding carboxylic acids is 1. The molecular formula is C29H24ClN3O2S2. The van der Waals surface area contributed by atoms with Crippen LogP contribution in [0, 0.1) is 6.92 Å². The predicted molar refractivity (Wildman–Crippen MR) is 154 cm³/mol. The van der Waals surface area contributed by atoms with Gasteiger partial charge in [-0.25, -0.2) is 4.98 Å². The molecule has 1 amide bonds. The highest BCUT2D eigenvalue weighted by molar-refractivity contribution is 7.99. The topological polar surface area (TPSA) is 64.0 Å². The molecule has 0 saturated carbocycles. The zero-order chi connectivity index (χ0) is 25.8. The Labute approximate surface area is 228 Å². The van der Waals surface area contributed by atoms with E-state index in [0.717, 1.165) is 21.6 Å². The molecule has 5 nitrogen and oxygen atoms in total. The third-order valence-corrected chi connectivity index (χ3v) is 8.24. The van der Waals surface area contributed by atoms with E-state index in [2.05, 4.69) is 29.6 Å². The number of halogens is 1. The van der Waals surface area contributed by atoms with Crippen LogP contribution in [0.15, 0.2) is 94.9 Å². The summed E-state index contributed by atoms with van der Waals surface area (Å²) in [4.78, 5) is 32.1. The monoisotopic (exact) mass is 545 g/mol. The van der Waals surface area contributed by atoms with Crippen LogP contribution in [-0.2, 0) is 17.9 Å². The van der Waals surface area contributed by atoms with Gasteiger partial charge in [-0.05, 0) is 41.8 Å². The van der Waals surface area contributed by atoms with E-state index < -0.39 is 0 Å². The normalized spacial score (nSPS) is 11.1. The molecule has 0 fully saturated rings. The van der Waals surface area contributed by atoms with Gasteiger partial charge in [0.2, 0.25) is 5.91 Å². The van der Waals surface area contributed by atoms with E-state index in [4.69, 9.17) is 16.6 Å². The van der Waals surface area contributed by atoms with Crippen molar-refractivity contribution < 1.29 is 4.79 Å². The fourth-order valence-electron chi connectivity index (χ4n) is 3.85. The molecule has 2 aromatic heterocycles. The van der Waals surface area contributed by atoms with Crippen LogP contribution >= 0.6 is 34.7 Å². The molecule has 0 aliphatic carbocycles. The third-order valence-electron chi connectivity index (χ3n) is 5.85. The lowest BCUT2D eigenvalue weighted by Gasteiger charge is -2.12. The van der Waals surface area contributed by atoms with Crippen LogP contribution in [0.25, 0.3) is 20.7 Å². The summed E-state index contributed by atoms with van der Waals surface area (Å²) in [5.74, 6) is 0.0150. The van der Waals surface area contributed by atoms with Crippen molar-refractivity contribution in [3.63, 3.8) is 0 Å². The van der Waals surface area contributed by atoms with Crippen molar-refractivity contribution >= 4 is 50.8 Å². The van der Waals surface area contributed by atoms with Gasteiger partial charge in [0, 0.05) is 16.4 Å². The van der Waals surface area contributed by atoms with Crippen LogP contribution in [0.5, 0.6) is 0 Å². The molecule has 5 rings (SSSR count). The van der Waals surface area contributed by atoms with E-state index in [-0.39, 0.29) is 17.2 Å². The minimum atomic E-state index is -0.133. The summed E-state index contributed by atoms with van der Waals surface area (Å²) >= 11 is 8.66. The van der Waals surface area contributed by atoms with Crippen LogP contribution in [-0.4, -0.2) is 21.2 Å². The molecule has 5 aromatic rings. The number of amides is 1. The number of carbonyl (C=O) groups is 1. The largest absolute Gasteiger partial charge is 0.351 e. The lowest BCUT2D eigenvalue weighted by molar-refractivity contribution is -0.118. The third kappa shape index (κ3) is 6.13. The van der Waals surface area contributed by atoms with Gasteiger partial charge in [0.1, 0.15) is 4.70 Å². The number of fused-ring (bicyclic) bond motifs is 1. The van der Waals surface area contributed by atoms with Crippen molar-refractivity contribution in [1.29, 1.82) is 0 Å². The van der Waals surface area contributed by atoms with E-state index in [9.17, 15) is 9.59 Å². The van der Waals surface area contributed by atoms with Crippen molar-refractivity contribution in [3.05, 3.63) is 117 Å². The molecule has 0 aliphatic rings. The fraction of sp³-hybridized carbons (Fsp3) is 0.138. The Morgan fingerprint density at radius 2 is 1.73 bits per heavy atom. The summed E-state index contributed by atoms with van der Waals surface area (Å²) < 4.78 is 2.28. The van der Waals surface area contributed by atoms with Gasteiger partial charge in [-0.1, -0.05) is 95.7 Å². The molecule has 37 heavy (non-hydrogen) atoms. The summed E-state index contributed by atoms with van der Waals surface area (Å²) in [6.45, 7) is 2.84. The Morgan fingerprint density at radius 1 is 1.00 bits per heavy atom. The van der Waals surface area contributed by atoms with E-state index in [1.807, 2.05) is 55.5 Å². The second-order valence-electron chi connectivity index (χ2n) is 8.65. The molecular weight excluding hydrogens is 522 g/mol. The number of rotatable bonds is 8. The minimum Gasteiger partial charge on any atom is -0.351 e. The summed E-state index contributed by atoms with van der Waals surface area (Å²) in [6, 6.07) is 27.4. The Morgan fingerprint density at radius 3 is 2.46 bits per heavy atom. The van der Waals surface area contributed by atoms with Crippen LogP contribution in [0.4, 0.5) is 0 Å². The van der Waals surface area contributed by atoms with Gasteiger partial charge < -0.3 is 5.32 Å². The van der Waals surface area contributed by atoms with Crippen molar-refractivity contribution in [2.24, 2.45) is 0 Å². The lowest BCUT2D eigenvalue weighted by atomic mass is 10.1. The van der Waals surface area contributed by atoms with E-state index in [1.165, 1.54) is 28.7 Å². The SMILES string of the molecule is Cc1ccc(-c2cc3nc(SCC(=O)NCc4ccc(Cl)cc4)n(Cc4ccccc4)c(=O)c3s2)cc1. The number of hydrogen-bond donors (Lipinski definition) is 1. The first kappa shape index (κ1) is 25.3. The number of benzene rings is 3. The fourth-order valence-corrected chi connectivity index (χ4v) is 5.86. The maximum absolute atomic E-state index is 13.6. The molecule has 3 aromatic carbocycles. The molecule has 0 unspecified atom stereocenters. The molecule has 186 valence electrons. The Hall–Kier alpha value is -3.39. The molecule has 0 spiro atoms. The van der Waals surface area contributed by atoms with E-state index in [0.29, 0.717) is 33.5 Å². The second kappa shape index (κ2) is 11.3. The first-order valence-electron chi connectivity index (χ1n) is 11.8.